The van der Waals surface area contributed by atoms with Gasteiger partial charge in [0, 0.05) is 18.7 Å². The second-order valence-electron chi connectivity index (χ2n) is 2.71. The zero-order valence-electron chi connectivity index (χ0n) is 7.32. The van der Waals surface area contributed by atoms with Gasteiger partial charge < -0.3 is 0 Å². The Labute approximate surface area is 77.0 Å². The van der Waals surface area contributed by atoms with Gasteiger partial charge in [-0.05, 0) is 18.9 Å². The largest absolute Gasteiger partial charge is 0.275 e. The highest BCUT2D eigenvalue weighted by molar-refractivity contribution is 6.12. The van der Waals surface area contributed by atoms with Crippen molar-refractivity contribution in [3.8, 4) is 0 Å². The molecule has 3 nitrogen and oxygen atoms in total. The molecule has 0 aromatic rings. The average molecular weight is 177 g/mol. The zero-order valence-corrected chi connectivity index (χ0v) is 7.32. The molecule has 0 aromatic carbocycles. The molecule has 0 spiro atoms. The first-order chi connectivity index (χ1) is 6.25. The second-order valence-corrected chi connectivity index (χ2v) is 2.71. The molecule has 0 aromatic heterocycles. The minimum atomic E-state index is -0.215. The van der Waals surface area contributed by atoms with Crippen LogP contribution in [0.2, 0.25) is 0 Å². The van der Waals surface area contributed by atoms with E-state index in [9.17, 15) is 9.59 Å². The van der Waals surface area contributed by atoms with Crippen molar-refractivity contribution in [1.29, 1.82) is 0 Å². The molecule has 0 bridgehead atoms. The molecular weight excluding hydrogens is 166 g/mol. The molecule has 1 aliphatic heterocycles. The summed E-state index contributed by atoms with van der Waals surface area (Å²) >= 11 is 0. The molecule has 0 aliphatic carbocycles. The molecule has 1 rings (SSSR count). The summed E-state index contributed by atoms with van der Waals surface area (Å²) in [4.78, 5) is 23.3. The fourth-order valence-corrected chi connectivity index (χ4v) is 1.11. The summed E-state index contributed by atoms with van der Waals surface area (Å²) in [7, 11) is 0. The highest BCUT2D eigenvalue weighted by atomic mass is 16.2. The standard InChI is InChI=1S/C10H11NO2/c1-2-3-4-5-8-11-9(12)6-7-10(11)13/h3,6-7H,1,4-5,8H2. The molecule has 0 atom stereocenters. The van der Waals surface area contributed by atoms with Crippen LogP contribution < -0.4 is 0 Å². The van der Waals surface area contributed by atoms with Crippen molar-refractivity contribution in [2.24, 2.45) is 0 Å². The highest BCUT2D eigenvalue weighted by Crippen LogP contribution is 2.05. The molecule has 0 fully saturated rings. The van der Waals surface area contributed by atoms with E-state index in [1.54, 1.807) is 6.08 Å². The summed E-state index contributed by atoms with van der Waals surface area (Å²) in [5.74, 6) is -0.430. The molecular formula is C10H11NO2. The lowest BCUT2D eigenvalue weighted by atomic mass is 10.3. The number of amides is 2. The minimum absolute atomic E-state index is 0.215. The van der Waals surface area contributed by atoms with Gasteiger partial charge in [0.1, 0.15) is 0 Å². The van der Waals surface area contributed by atoms with E-state index in [1.807, 2.05) is 0 Å². The van der Waals surface area contributed by atoms with Crippen molar-refractivity contribution in [3.05, 3.63) is 30.5 Å². The van der Waals surface area contributed by atoms with Crippen molar-refractivity contribution >= 4 is 11.8 Å². The summed E-state index contributed by atoms with van der Waals surface area (Å²) in [6, 6.07) is 0. The van der Waals surface area contributed by atoms with Gasteiger partial charge in [0.15, 0.2) is 0 Å². The lowest BCUT2D eigenvalue weighted by molar-refractivity contribution is -0.136. The molecule has 0 saturated heterocycles. The Bertz CT molecular complexity index is 280. The first-order valence-corrected chi connectivity index (χ1v) is 4.13. The van der Waals surface area contributed by atoms with Gasteiger partial charge in [-0.2, -0.15) is 0 Å². The predicted octanol–water partition coefficient (Wildman–Crippen LogP) is 1.03. The Kier molecular flexibility index (Phi) is 3.23. The highest BCUT2D eigenvalue weighted by Gasteiger charge is 2.21. The van der Waals surface area contributed by atoms with E-state index in [1.165, 1.54) is 17.1 Å². The first kappa shape index (κ1) is 9.49. The number of hydrogen-bond donors (Lipinski definition) is 0. The van der Waals surface area contributed by atoms with Crippen LogP contribution in [0.5, 0.6) is 0 Å². The van der Waals surface area contributed by atoms with E-state index in [0.29, 0.717) is 6.54 Å². The SMILES string of the molecule is C=C=CCCCN1C(=O)C=CC1=O. The van der Waals surface area contributed by atoms with Crippen LogP contribution >= 0.6 is 0 Å². The van der Waals surface area contributed by atoms with Gasteiger partial charge in [0.25, 0.3) is 11.8 Å². The van der Waals surface area contributed by atoms with E-state index in [0.717, 1.165) is 12.8 Å². The molecule has 0 radical (unpaired) electrons. The van der Waals surface area contributed by atoms with Crippen molar-refractivity contribution in [2.75, 3.05) is 6.54 Å². The maximum Gasteiger partial charge on any atom is 0.253 e. The van der Waals surface area contributed by atoms with Gasteiger partial charge in [-0.15, -0.1) is 5.73 Å². The van der Waals surface area contributed by atoms with E-state index < -0.39 is 0 Å². The Morgan fingerprint density at radius 1 is 1.38 bits per heavy atom. The van der Waals surface area contributed by atoms with Crippen LogP contribution in [0.4, 0.5) is 0 Å². The van der Waals surface area contributed by atoms with Crippen molar-refractivity contribution in [3.63, 3.8) is 0 Å². The smallest absolute Gasteiger partial charge is 0.253 e. The molecule has 13 heavy (non-hydrogen) atoms. The van der Waals surface area contributed by atoms with Gasteiger partial charge in [0.05, 0.1) is 0 Å². The number of carbonyl (C=O) groups is 2. The summed E-state index contributed by atoms with van der Waals surface area (Å²) in [6.45, 7) is 3.89. The number of rotatable bonds is 4. The van der Waals surface area contributed by atoms with Crippen LogP contribution in [-0.4, -0.2) is 23.3 Å². The number of hydrogen-bond acceptors (Lipinski definition) is 2. The van der Waals surface area contributed by atoms with Gasteiger partial charge >= 0.3 is 0 Å². The molecule has 2 amide bonds. The van der Waals surface area contributed by atoms with Gasteiger partial charge in [-0.3, -0.25) is 14.5 Å². The second kappa shape index (κ2) is 4.43. The topological polar surface area (TPSA) is 37.4 Å². The molecule has 0 unspecified atom stereocenters. The van der Waals surface area contributed by atoms with E-state index in [-0.39, 0.29) is 11.8 Å². The van der Waals surface area contributed by atoms with Gasteiger partial charge in [-0.1, -0.05) is 6.58 Å². The fraction of sp³-hybridized carbons (Fsp3) is 0.300. The maximum absolute atomic E-state index is 11.0. The lowest BCUT2D eigenvalue weighted by Gasteiger charge is -2.11. The molecule has 0 N–H and O–H groups in total. The first-order valence-electron chi connectivity index (χ1n) is 4.13. The third-order valence-electron chi connectivity index (χ3n) is 1.78. The van der Waals surface area contributed by atoms with E-state index >= 15 is 0 Å². The molecule has 1 heterocycles. The quantitative estimate of drug-likeness (QED) is 0.365. The van der Waals surface area contributed by atoms with Crippen LogP contribution in [0.1, 0.15) is 12.8 Å². The number of nitrogens with zero attached hydrogens (tertiary/aromatic N) is 1. The lowest BCUT2D eigenvalue weighted by Crippen LogP contribution is -2.30. The summed E-state index contributed by atoms with van der Waals surface area (Å²) in [5, 5.41) is 0. The monoisotopic (exact) mass is 177 g/mol. The normalized spacial score (nSPS) is 14.9. The van der Waals surface area contributed by atoms with Crippen LogP contribution in [0, 0.1) is 0 Å². The van der Waals surface area contributed by atoms with Crippen molar-refractivity contribution in [2.45, 2.75) is 12.8 Å². The van der Waals surface area contributed by atoms with Gasteiger partial charge in [-0.25, -0.2) is 0 Å². The summed E-state index contributed by atoms with van der Waals surface area (Å²) in [6.07, 6.45) is 5.94. The molecule has 3 heteroatoms. The third-order valence-corrected chi connectivity index (χ3v) is 1.78. The zero-order chi connectivity index (χ0) is 9.68. The van der Waals surface area contributed by atoms with Crippen LogP contribution in [0.3, 0.4) is 0 Å². The molecule has 1 aliphatic rings. The predicted molar refractivity (Wildman–Crippen MR) is 48.8 cm³/mol. The van der Waals surface area contributed by atoms with Crippen LogP contribution in [-0.2, 0) is 9.59 Å². The Morgan fingerprint density at radius 2 is 2.00 bits per heavy atom. The van der Waals surface area contributed by atoms with Crippen molar-refractivity contribution < 1.29 is 9.59 Å². The number of imide groups is 1. The van der Waals surface area contributed by atoms with E-state index in [2.05, 4.69) is 12.3 Å². The van der Waals surface area contributed by atoms with Crippen LogP contribution in [0.15, 0.2) is 30.5 Å². The van der Waals surface area contributed by atoms with E-state index in [4.69, 9.17) is 0 Å². The maximum atomic E-state index is 11.0. The number of unbranched alkanes of at least 4 members (excludes halogenated alkanes) is 1. The van der Waals surface area contributed by atoms with Crippen molar-refractivity contribution in [1.82, 2.24) is 4.90 Å². The Balaban J connectivity index is 2.33. The summed E-state index contributed by atoms with van der Waals surface area (Å²) < 4.78 is 0. The van der Waals surface area contributed by atoms with Crippen LogP contribution in [0.25, 0.3) is 0 Å². The fourth-order valence-electron chi connectivity index (χ4n) is 1.11. The molecule has 0 saturated carbocycles. The third kappa shape index (κ3) is 2.42. The number of carbonyl (C=O) groups excluding carboxylic acids is 2. The number of allylic oxidation sites excluding steroid dienone is 1. The van der Waals surface area contributed by atoms with Gasteiger partial charge in [0.2, 0.25) is 0 Å². The molecule has 68 valence electrons. The Morgan fingerprint density at radius 3 is 2.54 bits per heavy atom. The summed E-state index contributed by atoms with van der Waals surface area (Å²) in [5.41, 5.74) is 2.64. The Hall–Kier alpha value is -1.60. The average Bonchev–Trinajstić information content (AvgIpc) is 2.42. The minimum Gasteiger partial charge on any atom is -0.275 e.